The predicted octanol–water partition coefficient (Wildman–Crippen LogP) is 3.60. The van der Waals surface area contributed by atoms with Crippen molar-refractivity contribution >= 4 is 0 Å². The van der Waals surface area contributed by atoms with Crippen molar-refractivity contribution in [2.24, 2.45) is 5.73 Å². The molecule has 19 heavy (non-hydrogen) atoms. The normalized spacial score (nSPS) is 14.6. The van der Waals surface area contributed by atoms with Crippen molar-refractivity contribution in [2.45, 2.75) is 65.5 Å². The van der Waals surface area contributed by atoms with E-state index in [9.17, 15) is 0 Å². The molecule has 1 rings (SSSR count). The summed E-state index contributed by atoms with van der Waals surface area (Å²) < 4.78 is 0. The van der Waals surface area contributed by atoms with Gasteiger partial charge in [0, 0.05) is 11.6 Å². The Morgan fingerprint density at radius 2 is 1.42 bits per heavy atom. The molecule has 2 heteroatoms. The Balaban J connectivity index is 3.33. The maximum absolute atomic E-state index is 6.48. The molecule has 0 amide bonds. The molecule has 0 spiro atoms. The maximum Gasteiger partial charge on any atom is 0.0479 e. The van der Waals surface area contributed by atoms with Gasteiger partial charge in [-0.1, -0.05) is 32.9 Å². The van der Waals surface area contributed by atoms with Crippen molar-refractivity contribution in [1.82, 2.24) is 5.32 Å². The lowest BCUT2D eigenvalue weighted by Crippen LogP contribution is -2.46. The summed E-state index contributed by atoms with van der Waals surface area (Å²) in [6, 6.07) is 4.56. The monoisotopic (exact) mass is 262 g/mol. The van der Waals surface area contributed by atoms with Crippen LogP contribution in [0.5, 0.6) is 0 Å². The summed E-state index contributed by atoms with van der Waals surface area (Å²) in [6.45, 7) is 15.4. The summed E-state index contributed by atoms with van der Waals surface area (Å²) in [6.07, 6.45) is 0. The smallest absolute Gasteiger partial charge is 0.0479 e. The Morgan fingerprint density at radius 1 is 1.00 bits per heavy atom. The molecular weight excluding hydrogens is 232 g/mol. The molecule has 0 bridgehead atoms. The van der Waals surface area contributed by atoms with Crippen LogP contribution in [0.3, 0.4) is 0 Å². The third-order valence-corrected chi connectivity index (χ3v) is 4.19. The molecule has 2 nitrogen and oxygen atoms in total. The standard InChI is InChI=1S/C17H30N2/c1-11-9-13(16(3,4)5)10-12(2)14(11)15(18)17(6,7)19-8/h9-10,15,19H,18H2,1-8H3. The second-order valence-electron chi connectivity index (χ2n) is 7.22. The van der Waals surface area contributed by atoms with Gasteiger partial charge < -0.3 is 11.1 Å². The number of nitrogens with two attached hydrogens (primary N) is 1. The van der Waals surface area contributed by atoms with E-state index < -0.39 is 0 Å². The fourth-order valence-corrected chi connectivity index (χ4v) is 2.41. The van der Waals surface area contributed by atoms with Crippen LogP contribution >= 0.6 is 0 Å². The highest BCUT2D eigenvalue weighted by atomic mass is 15.0. The first-order valence-corrected chi connectivity index (χ1v) is 7.07. The minimum absolute atomic E-state index is 0.00785. The van der Waals surface area contributed by atoms with E-state index in [0.717, 1.165) is 0 Å². The van der Waals surface area contributed by atoms with Crippen molar-refractivity contribution in [3.8, 4) is 0 Å². The van der Waals surface area contributed by atoms with E-state index in [1.807, 2.05) is 7.05 Å². The van der Waals surface area contributed by atoms with Crippen molar-refractivity contribution in [1.29, 1.82) is 0 Å². The first-order valence-electron chi connectivity index (χ1n) is 7.07. The number of hydrogen-bond acceptors (Lipinski definition) is 2. The first-order chi connectivity index (χ1) is 8.50. The Hall–Kier alpha value is -0.860. The third kappa shape index (κ3) is 3.37. The van der Waals surface area contributed by atoms with E-state index in [2.05, 4.69) is 65.9 Å². The number of hydrogen-bond donors (Lipinski definition) is 2. The van der Waals surface area contributed by atoms with Crippen molar-refractivity contribution in [3.05, 3.63) is 34.4 Å². The van der Waals surface area contributed by atoms with Gasteiger partial charge in [-0.05, 0) is 62.4 Å². The van der Waals surface area contributed by atoms with Crippen LogP contribution in [0.2, 0.25) is 0 Å². The van der Waals surface area contributed by atoms with E-state index in [0.29, 0.717) is 0 Å². The SMILES string of the molecule is CNC(C)(C)C(N)c1c(C)cc(C(C)(C)C)cc1C. The van der Waals surface area contributed by atoms with E-state index in [4.69, 9.17) is 5.73 Å². The molecule has 0 aliphatic heterocycles. The van der Waals surface area contributed by atoms with Crippen LogP contribution in [0.1, 0.15) is 62.9 Å². The zero-order chi connectivity index (χ0) is 15.0. The fourth-order valence-electron chi connectivity index (χ4n) is 2.41. The number of likely N-dealkylation sites (N-methyl/N-ethyl adjacent to an activating group) is 1. The predicted molar refractivity (Wildman–Crippen MR) is 84.7 cm³/mol. The highest BCUT2D eigenvalue weighted by Gasteiger charge is 2.28. The highest BCUT2D eigenvalue weighted by Crippen LogP contribution is 2.32. The van der Waals surface area contributed by atoms with Gasteiger partial charge in [0.2, 0.25) is 0 Å². The zero-order valence-electron chi connectivity index (χ0n) is 13.8. The van der Waals surface area contributed by atoms with Gasteiger partial charge in [0.05, 0.1) is 0 Å². The second-order valence-corrected chi connectivity index (χ2v) is 7.22. The summed E-state index contributed by atoms with van der Waals surface area (Å²) in [5, 5.41) is 3.31. The molecule has 0 aromatic heterocycles. The van der Waals surface area contributed by atoms with Gasteiger partial charge in [-0.15, -0.1) is 0 Å². The highest BCUT2D eigenvalue weighted by molar-refractivity contribution is 5.43. The summed E-state index contributed by atoms with van der Waals surface area (Å²) in [5.41, 5.74) is 11.8. The summed E-state index contributed by atoms with van der Waals surface area (Å²) in [5.74, 6) is 0. The third-order valence-electron chi connectivity index (χ3n) is 4.19. The molecule has 0 fully saturated rings. The summed E-state index contributed by atoms with van der Waals surface area (Å²) in [4.78, 5) is 0. The number of benzene rings is 1. The van der Waals surface area contributed by atoms with Crippen LogP contribution in [0.15, 0.2) is 12.1 Å². The molecule has 108 valence electrons. The number of nitrogens with one attached hydrogen (secondary N) is 1. The Morgan fingerprint density at radius 3 is 1.74 bits per heavy atom. The molecule has 1 aromatic rings. The molecule has 1 unspecified atom stereocenters. The van der Waals surface area contributed by atoms with Crippen molar-refractivity contribution < 1.29 is 0 Å². The molecule has 0 saturated carbocycles. The number of aryl methyl sites for hydroxylation is 2. The Bertz CT molecular complexity index is 430. The zero-order valence-corrected chi connectivity index (χ0v) is 13.8. The van der Waals surface area contributed by atoms with Gasteiger partial charge in [0.25, 0.3) is 0 Å². The minimum Gasteiger partial charge on any atom is -0.322 e. The molecule has 0 saturated heterocycles. The van der Waals surface area contributed by atoms with Gasteiger partial charge in [-0.2, -0.15) is 0 Å². The van der Waals surface area contributed by atoms with Gasteiger partial charge in [0.1, 0.15) is 0 Å². The quantitative estimate of drug-likeness (QED) is 0.873. The lowest BCUT2D eigenvalue weighted by Gasteiger charge is -2.34. The summed E-state index contributed by atoms with van der Waals surface area (Å²) in [7, 11) is 1.97. The molecular formula is C17H30N2. The maximum atomic E-state index is 6.48. The molecule has 0 radical (unpaired) electrons. The molecule has 0 aliphatic carbocycles. The largest absolute Gasteiger partial charge is 0.322 e. The van der Waals surface area contributed by atoms with E-state index >= 15 is 0 Å². The first kappa shape index (κ1) is 16.2. The van der Waals surface area contributed by atoms with Gasteiger partial charge in [0.15, 0.2) is 0 Å². The van der Waals surface area contributed by atoms with Crippen LogP contribution in [0.25, 0.3) is 0 Å². The lowest BCUT2D eigenvalue weighted by atomic mass is 9.80. The topological polar surface area (TPSA) is 38.0 Å². The molecule has 1 aromatic carbocycles. The molecule has 0 aliphatic rings. The van der Waals surface area contributed by atoms with Gasteiger partial charge in [-0.3, -0.25) is 0 Å². The van der Waals surface area contributed by atoms with E-state index in [1.165, 1.54) is 22.3 Å². The Labute approximate surface area is 118 Å². The molecule has 0 heterocycles. The number of rotatable bonds is 3. The second kappa shape index (κ2) is 5.26. The lowest BCUT2D eigenvalue weighted by molar-refractivity contribution is 0.347. The average molecular weight is 262 g/mol. The summed E-state index contributed by atoms with van der Waals surface area (Å²) >= 11 is 0. The Kier molecular flexibility index (Phi) is 4.48. The minimum atomic E-state index is -0.112. The van der Waals surface area contributed by atoms with Crippen LogP contribution in [-0.2, 0) is 5.41 Å². The van der Waals surface area contributed by atoms with E-state index in [-0.39, 0.29) is 17.0 Å². The molecule has 3 N–H and O–H groups in total. The van der Waals surface area contributed by atoms with E-state index in [1.54, 1.807) is 0 Å². The van der Waals surface area contributed by atoms with Crippen LogP contribution in [0, 0.1) is 13.8 Å². The van der Waals surface area contributed by atoms with Gasteiger partial charge in [-0.25, -0.2) is 0 Å². The van der Waals surface area contributed by atoms with Crippen LogP contribution < -0.4 is 11.1 Å². The van der Waals surface area contributed by atoms with Gasteiger partial charge >= 0.3 is 0 Å². The van der Waals surface area contributed by atoms with Crippen LogP contribution in [0.4, 0.5) is 0 Å². The van der Waals surface area contributed by atoms with Crippen LogP contribution in [-0.4, -0.2) is 12.6 Å². The van der Waals surface area contributed by atoms with Crippen molar-refractivity contribution in [2.75, 3.05) is 7.05 Å². The average Bonchev–Trinajstić information content (AvgIpc) is 2.26. The van der Waals surface area contributed by atoms with Crippen molar-refractivity contribution in [3.63, 3.8) is 0 Å². The fraction of sp³-hybridized carbons (Fsp3) is 0.647. The molecule has 1 atom stereocenters.